The molecule has 0 aromatic carbocycles. The molecule has 2 rings (SSSR count). The summed E-state index contributed by atoms with van der Waals surface area (Å²) in [5.41, 5.74) is 7.51. The number of anilines is 1. The van der Waals surface area contributed by atoms with E-state index in [1.807, 2.05) is 17.7 Å². The molecule has 0 fully saturated rings. The van der Waals surface area contributed by atoms with Crippen molar-refractivity contribution in [1.82, 2.24) is 4.98 Å². The lowest BCUT2D eigenvalue weighted by molar-refractivity contribution is 1.43. The molecule has 2 aromatic heterocycles. The van der Waals surface area contributed by atoms with Crippen molar-refractivity contribution in [3.63, 3.8) is 0 Å². The van der Waals surface area contributed by atoms with Gasteiger partial charge in [-0.1, -0.05) is 11.6 Å². The van der Waals surface area contributed by atoms with Crippen LogP contribution in [0.25, 0.3) is 10.6 Å². The van der Waals surface area contributed by atoms with Crippen LogP contribution in [0.2, 0.25) is 5.02 Å². The standard InChI is InChI=1S/C8H7ClN2S2/c1-4-2-12-7(6(4)9)5-3-13-8(10)11-5/h2-3H,1H3,(H2,10,11). The van der Waals surface area contributed by atoms with Crippen LogP contribution in [0.15, 0.2) is 10.8 Å². The van der Waals surface area contributed by atoms with Crippen molar-refractivity contribution < 1.29 is 0 Å². The van der Waals surface area contributed by atoms with Crippen molar-refractivity contribution in [2.75, 3.05) is 5.73 Å². The summed E-state index contributed by atoms with van der Waals surface area (Å²) in [5, 5.41) is 5.31. The van der Waals surface area contributed by atoms with Crippen LogP contribution in [-0.2, 0) is 0 Å². The lowest BCUT2D eigenvalue weighted by Gasteiger charge is -1.91. The Labute approximate surface area is 89.0 Å². The first-order chi connectivity index (χ1) is 6.18. The fourth-order valence-electron chi connectivity index (χ4n) is 0.995. The molecule has 0 saturated carbocycles. The van der Waals surface area contributed by atoms with Crippen molar-refractivity contribution in [1.29, 1.82) is 0 Å². The molecule has 0 amide bonds. The van der Waals surface area contributed by atoms with E-state index in [4.69, 9.17) is 17.3 Å². The van der Waals surface area contributed by atoms with Gasteiger partial charge in [0.1, 0.15) is 0 Å². The predicted molar refractivity (Wildman–Crippen MR) is 59.6 cm³/mol. The molecule has 13 heavy (non-hydrogen) atoms. The number of thiophene rings is 1. The zero-order valence-corrected chi connectivity index (χ0v) is 9.26. The van der Waals surface area contributed by atoms with Crippen LogP contribution in [0.4, 0.5) is 5.13 Å². The van der Waals surface area contributed by atoms with Gasteiger partial charge in [-0.25, -0.2) is 4.98 Å². The van der Waals surface area contributed by atoms with Gasteiger partial charge < -0.3 is 5.73 Å². The fraction of sp³-hybridized carbons (Fsp3) is 0.125. The van der Waals surface area contributed by atoms with Gasteiger partial charge in [0.25, 0.3) is 0 Å². The van der Waals surface area contributed by atoms with Gasteiger partial charge in [0.15, 0.2) is 5.13 Å². The minimum atomic E-state index is 0.581. The molecule has 0 aliphatic heterocycles. The van der Waals surface area contributed by atoms with E-state index in [1.165, 1.54) is 11.3 Å². The maximum absolute atomic E-state index is 6.09. The molecule has 0 saturated heterocycles. The van der Waals surface area contributed by atoms with Gasteiger partial charge in [-0.3, -0.25) is 0 Å². The van der Waals surface area contributed by atoms with E-state index in [0.29, 0.717) is 5.13 Å². The Hall–Kier alpha value is -0.580. The third-order valence-electron chi connectivity index (χ3n) is 1.65. The van der Waals surface area contributed by atoms with Crippen LogP contribution in [-0.4, -0.2) is 4.98 Å². The van der Waals surface area contributed by atoms with Crippen molar-refractivity contribution in [2.45, 2.75) is 6.92 Å². The van der Waals surface area contributed by atoms with Crippen LogP contribution in [0.1, 0.15) is 5.56 Å². The summed E-state index contributed by atoms with van der Waals surface area (Å²) in [6, 6.07) is 0. The lowest BCUT2D eigenvalue weighted by atomic mass is 10.3. The molecule has 0 radical (unpaired) electrons. The summed E-state index contributed by atoms with van der Waals surface area (Å²) in [4.78, 5) is 5.18. The first-order valence-electron chi connectivity index (χ1n) is 3.63. The second kappa shape index (κ2) is 3.29. The van der Waals surface area contributed by atoms with Crippen LogP contribution in [0, 0.1) is 6.92 Å². The van der Waals surface area contributed by atoms with Crippen LogP contribution in [0.5, 0.6) is 0 Å². The highest BCUT2D eigenvalue weighted by Crippen LogP contribution is 2.36. The highest BCUT2D eigenvalue weighted by Gasteiger charge is 2.10. The number of nitrogens with two attached hydrogens (primary N) is 1. The van der Waals surface area contributed by atoms with Crippen LogP contribution < -0.4 is 5.73 Å². The van der Waals surface area contributed by atoms with Crippen molar-refractivity contribution in [3.8, 4) is 10.6 Å². The predicted octanol–water partition coefficient (Wildman–Crippen LogP) is 3.42. The minimum Gasteiger partial charge on any atom is -0.375 e. The highest BCUT2D eigenvalue weighted by atomic mass is 35.5. The second-order valence-electron chi connectivity index (χ2n) is 2.63. The third kappa shape index (κ3) is 1.57. The third-order valence-corrected chi connectivity index (χ3v) is 4.05. The minimum absolute atomic E-state index is 0.581. The Morgan fingerprint density at radius 2 is 2.15 bits per heavy atom. The monoisotopic (exact) mass is 230 g/mol. The quantitative estimate of drug-likeness (QED) is 0.816. The van der Waals surface area contributed by atoms with Gasteiger partial charge in [0.05, 0.1) is 15.6 Å². The normalized spacial score (nSPS) is 10.6. The Morgan fingerprint density at radius 1 is 1.38 bits per heavy atom. The largest absolute Gasteiger partial charge is 0.375 e. The van der Waals surface area contributed by atoms with Gasteiger partial charge in [0, 0.05) is 5.38 Å². The molecule has 2 nitrogen and oxygen atoms in total. The summed E-state index contributed by atoms with van der Waals surface area (Å²) in [7, 11) is 0. The number of rotatable bonds is 1. The summed E-state index contributed by atoms with van der Waals surface area (Å²) < 4.78 is 0. The molecule has 0 aliphatic carbocycles. The zero-order chi connectivity index (χ0) is 9.42. The molecule has 0 bridgehead atoms. The van der Waals surface area contributed by atoms with E-state index in [1.54, 1.807) is 11.3 Å². The average Bonchev–Trinajstić information content (AvgIpc) is 2.62. The van der Waals surface area contributed by atoms with Gasteiger partial charge in [-0.15, -0.1) is 22.7 Å². The number of thiazole rings is 1. The second-order valence-corrected chi connectivity index (χ2v) is 4.78. The van der Waals surface area contributed by atoms with Gasteiger partial charge in [-0.05, 0) is 17.9 Å². The first-order valence-corrected chi connectivity index (χ1v) is 5.77. The van der Waals surface area contributed by atoms with Crippen molar-refractivity contribution >= 4 is 39.4 Å². The van der Waals surface area contributed by atoms with Crippen molar-refractivity contribution in [2.24, 2.45) is 0 Å². The first kappa shape index (κ1) is 8.99. The topological polar surface area (TPSA) is 38.9 Å². The SMILES string of the molecule is Cc1csc(-c2csc(N)n2)c1Cl. The van der Waals surface area contributed by atoms with Gasteiger partial charge in [-0.2, -0.15) is 0 Å². The van der Waals surface area contributed by atoms with E-state index in [9.17, 15) is 0 Å². The molecule has 68 valence electrons. The number of hydrogen-bond donors (Lipinski definition) is 1. The molecule has 0 unspecified atom stereocenters. The fourth-order valence-corrected chi connectivity index (χ4v) is 2.88. The molecule has 0 atom stereocenters. The lowest BCUT2D eigenvalue weighted by Crippen LogP contribution is -1.81. The van der Waals surface area contributed by atoms with Crippen LogP contribution >= 0.6 is 34.3 Å². The average molecular weight is 231 g/mol. The summed E-state index contributed by atoms with van der Waals surface area (Å²) >= 11 is 9.12. The smallest absolute Gasteiger partial charge is 0.180 e. The number of aryl methyl sites for hydroxylation is 1. The maximum atomic E-state index is 6.09. The number of aromatic nitrogens is 1. The Bertz CT molecular complexity index is 433. The molecular formula is C8H7ClN2S2. The maximum Gasteiger partial charge on any atom is 0.180 e. The Kier molecular flexibility index (Phi) is 2.27. The number of nitrogens with zero attached hydrogens (tertiary/aromatic N) is 1. The number of nitrogen functional groups attached to an aromatic ring is 1. The molecule has 5 heteroatoms. The van der Waals surface area contributed by atoms with Gasteiger partial charge in [0.2, 0.25) is 0 Å². The summed E-state index contributed by atoms with van der Waals surface area (Å²) in [6.07, 6.45) is 0. The Balaban J connectivity index is 2.52. The molecule has 0 aliphatic rings. The highest BCUT2D eigenvalue weighted by molar-refractivity contribution is 7.16. The summed E-state index contributed by atoms with van der Waals surface area (Å²) in [5.74, 6) is 0. The van der Waals surface area contributed by atoms with E-state index in [-0.39, 0.29) is 0 Å². The molecule has 2 heterocycles. The van der Waals surface area contributed by atoms with E-state index in [0.717, 1.165) is 21.2 Å². The molecule has 2 aromatic rings. The van der Waals surface area contributed by atoms with E-state index >= 15 is 0 Å². The van der Waals surface area contributed by atoms with E-state index < -0.39 is 0 Å². The number of hydrogen-bond acceptors (Lipinski definition) is 4. The molecular weight excluding hydrogens is 224 g/mol. The molecule has 2 N–H and O–H groups in total. The van der Waals surface area contributed by atoms with E-state index in [2.05, 4.69) is 4.98 Å². The van der Waals surface area contributed by atoms with Gasteiger partial charge >= 0.3 is 0 Å². The number of halogens is 1. The Morgan fingerprint density at radius 3 is 2.62 bits per heavy atom. The molecule has 0 spiro atoms. The summed E-state index contributed by atoms with van der Waals surface area (Å²) in [6.45, 7) is 1.98. The zero-order valence-electron chi connectivity index (χ0n) is 6.87. The van der Waals surface area contributed by atoms with Crippen molar-refractivity contribution in [3.05, 3.63) is 21.3 Å². The van der Waals surface area contributed by atoms with Crippen LogP contribution in [0.3, 0.4) is 0 Å².